The molecule has 2 aromatic rings. The molecule has 1 saturated carbocycles. The van der Waals surface area contributed by atoms with Gasteiger partial charge in [0.05, 0.1) is 13.2 Å². The highest BCUT2D eigenvalue weighted by molar-refractivity contribution is 5.93. The Morgan fingerprint density at radius 3 is 2.27 bits per heavy atom. The molecular formula is C34H43FN2O7. The highest BCUT2D eigenvalue weighted by Gasteiger charge is 2.34. The van der Waals surface area contributed by atoms with E-state index >= 15 is 0 Å². The number of esters is 1. The number of carbonyl (C=O) groups excluding carboxylic acids is 5. The molecule has 0 heterocycles. The van der Waals surface area contributed by atoms with Crippen LogP contribution >= 0.6 is 0 Å². The van der Waals surface area contributed by atoms with E-state index in [1.54, 1.807) is 12.1 Å². The lowest BCUT2D eigenvalue weighted by atomic mass is 9.83. The molecule has 1 aliphatic rings. The molecule has 238 valence electrons. The van der Waals surface area contributed by atoms with E-state index in [-0.39, 0.29) is 43.5 Å². The van der Waals surface area contributed by atoms with Crippen LogP contribution in [0.15, 0.2) is 54.6 Å². The second-order valence-corrected chi connectivity index (χ2v) is 11.8. The summed E-state index contributed by atoms with van der Waals surface area (Å²) in [5.41, 5.74) is 1.38. The lowest BCUT2D eigenvalue weighted by Crippen LogP contribution is -2.48. The summed E-state index contributed by atoms with van der Waals surface area (Å²) in [6.07, 6.45) is 2.31. The predicted octanol–water partition coefficient (Wildman–Crippen LogP) is 5.09. The maximum Gasteiger partial charge on any atom is 0.408 e. The number of ketones is 2. The van der Waals surface area contributed by atoms with Crippen LogP contribution in [0.2, 0.25) is 0 Å². The van der Waals surface area contributed by atoms with Crippen molar-refractivity contribution in [2.45, 2.75) is 83.9 Å². The number of hydrogen-bond acceptors (Lipinski definition) is 7. The van der Waals surface area contributed by atoms with Gasteiger partial charge in [-0.15, -0.1) is 0 Å². The minimum Gasteiger partial charge on any atom is -0.467 e. The number of Topliss-reactive ketones (excluding diaryl/α,β-unsaturated/α-hetero) is 2. The van der Waals surface area contributed by atoms with Crippen LogP contribution in [0.5, 0.6) is 0 Å². The Labute approximate surface area is 258 Å². The van der Waals surface area contributed by atoms with Crippen molar-refractivity contribution in [3.8, 4) is 0 Å². The van der Waals surface area contributed by atoms with Crippen LogP contribution < -0.4 is 10.6 Å². The fraction of sp³-hybridized carbons (Fsp3) is 0.500. The zero-order chi connectivity index (χ0) is 32.1. The zero-order valence-corrected chi connectivity index (χ0v) is 25.7. The van der Waals surface area contributed by atoms with Crippen molar-refractivity contribution in [3.05, 3.63) is 71.5 Å². The Hall–Kier alpha value is -4.08. The average molecular weight is 611 g/mol. The Morgan fingerprint density at radius 1 is 0.932 bits per heavy atom. The van der Waals surface area contributed by atoms with Crippen molar-refractivity contribution in [2.75, 3.05) is 7.11 Å². The van der Waals surface area contributed by atoms with Crippen molar-refractivity contribution in [1.82, 2.24) is 10.6 Å². The number of hydrogen-bond donors (Lipinski definition) is 2. The van der Waals surface area contributed by atoms with E-state index in [1.165, 1.54) is 31.4 Å². The van der Waals surface area contributed by atoms with Crippen LogP contribution in [0.3, 0.4) is 0 Å². The summed E-state index contributed by atoms with van der Waals surface area (Å²) in [7, 11) is 1.22. The third kappa shape index (κ3) is 11.2. The van der Waals surface area contributed by atoms with Crippen molar-refractivity contribution < 1.29 is 37.8 Å². The lowest BCUT2D eigenvalue weighted by molar-refractivity contribution is -0.146. The van der Waals surface area contributed by atoms with E-state index < -0.39 is 47.6 Å². The van der Waals surface area contributed by atoms with E-state index in [4.69, 9.17) is 9.47 Å². The van der Waals surface area contributed by atoms with Crippen LogP contribution in [-0.2, 0) is 41.7 Å². The number of rotatable bonds is 15. The van der Waals surface area contributed by atoms with Crippen LogP contribution in [0.4, 0.5) is 9.18 Å². The molecule has 3 rings (SSSR count). The minimum atomic E-state index is -1.05. The molecule has 2 amide bonds. The maximum absolute atomic E-state index is 13.7. The molecule has 1 unspecified atom stereocenters. The van der Waals surface area contributed by atoms with Crippen LogP contribution in [0, 0.1) is 23.6 Å². The Balaban J connectivity index is 1.74. The molecule has 1 aliphatic carbocycles. The largest absolute Gasteiger partial charge is 0.467 e. The average Bonchev–Trinajstić information content (AvgIpc) is 3.01. The lowest BCUT2D eigenvalue weighted by Gasteiger charge is -2.27. The van der Waals surface area contributed by atoms with Gasteiger partial charge in [0.15, 0.2) is 5.78 Å². The molecule has 0 aliphatic heterocycles. The van der Waals surface area contributed by atoms with E-state index in [2.05, 4.69) is 10.6 Å². The molecule has 0 spiro atoms. The smallest absolute Gasteiger partial charge is 0.408 e. The highest BCUT2D eigenvalue weighted by Crippen LogP contribution is 2.26. The standard InChI is InChI=1S/C34H43FN2O7/c1-22(2)17-26(32(40)36-29(33(41)43-3)19-25-11-7-8-12-30(25)38)20-31(39)28(18-23-13-15-27(35)16-14-23)37-34(42)44-21-24-9-5-4-6-10-24/h4-6,9-10,13-16,22,25-26,28-29H,7-8,11-12,17-21H2,1-3H3,(H,36,40)(H,37,42)/t25?,26-,28+,29+/m1/s1. The van der Waals surface area contributed by atoms with Gasteiger partial charge in [0.25, 0.3) is 0 Å². The molecule has 9 nitrogen and oxygen atoms in total. The molecule has 0 bridgehead atoms. The number of amides is 2. The Morgan fingerprint density at radius 2 is 1.64 bits per heavy atom. The molecule has 2 aromatic carbocycles. The predicted molar refractivity (Wildman–Crippen MR) is 162 cm³/mol. The van der Waals surface area contributed by atoms with Gasteiger partial charge < -0.3 is 20.1 Å². The second-order valence-electron chi connectivity index (χ2n) is 11.8. The van der Waals surface area contributed by atoms with Gasteiger partial charge >= 0.3 is 12.1 Å². The summed E-state index contributed by atoms with van der Waals surface area (Å²) in [5.74, 6) is -3.05. The van der Waals surface area contributed by atoms with Crippen LogP contribution in [0.1, 0.15) is 69.9 Å². The topological polar surface area (TPSA) is 128 Å². The number of nitrogens with one attached hydrogen (secondary N) is 2. The van der Waals surface area contributed by atoms with Crippen molar-refractivity contribution in [2.24, 2.45) is 17.8 Å². The van der Waals surface area contributed by atoms with E-state index in [9.17, 15) is 28.4 Å². The number of benzene rings is 2. The summed E-state index contributed by atoms with van der Waals surface area (Å²) in [4.78, 5) is 65.0. The summed E-state index contributed by atoms with van der Waals surface area (Å²) >= 11 is 0. The van der Waals surface area contributed by atoms with Crippen LogP contribution in [0.25, 0.3) is 0 Å². The normalized spacial score (nSPS) is 16.8. The minimum absolute atomic E-state index is 0.000919. The SMILES string of the molecule is COC(=O)[C@H](CC1CCCCC1=O)NC(=O)[C@@H](CC(=O)[C@H](Cc1ccc(F)cc1)NC(=O)OCc1ccccc1)CC(C)C. The van der Waals surface area contributed by atoms with E-state index in [0.717, 1.165) is 18.4 Å². The maximum atomic E-state index is 13.7. The second kappa shape index (κ2) is 17.3. The molecule has 44 heavy (non-hydrogen) atoms. The van der Waals surface area contributed by atoms with Gasteiger partial charge in [-0.3, -0.25) is 14.4 Å². The van der Waals surface area contributed by atoms with E-state index in [1.807, 2.05) is 32.0 Å². The number of carbonyl (C=O) groups is 5. The number of ether oxygens (including phenoxy) is 2. The zero-order valence-electron chi connectivity index (χ0n) is 25.7. The third-order valence-electron chi connectivity index (χ3n) is 7.82. The molecule has 2 N–H and O–H groups in total. The molecule has 4 atom stereocenters. The Kier molecular flexibility index (Phi) is 13.5. The van der Waals surface area contributed by atoms with Gasteiger partial charge in [-0.05, 0) is 61.3 Å². The monoisotopic (exact) mass is 610 g/mol. The quantitative estimate of drug-likeness (QED) is 0.269. The van der Waals surface area contributed by atoms with Crippen molar-refractivity contribution in [1.29, 1.82) is 0 Å². The van der Waals surface area contributed by atoms with Gasteiger partial charge in [0, 0.05) is 24.7 Å². The molecule has 10 heteroatoms. The van der Waals surface area contributed by atoms with Gasteiger partial charge in [0.1, 0.15) is 24.2 Å². The molecule has 1 fully saturated rings. The third-order valence-corrected chi connectivity index (χ3v) is 7.82. The molecule has 0 saturated heterocycles. The van der Waals surface area contributed by atoms with Gasteiger partial charge in [-0.25, -0.2) is 14.0 Å². The van der Waals surface area contributed by atoms with Crippen molar-refractivity contribution in [3.63, 3.8) is 0 Å². The first-order valence-electron chi connectivity index (χ1n) is 15.2. The van der Waals surface area contributed by atoms with E-state index in [0.29, 0.717) is 24.8 Å². The number of halogens is 1. The fourth-order valence-corrected chi connectivity index (χ4v) is 5.48. The summed E-state index contributed by atoms with van der Waals surface area (Å²) < 4.78 is 23.8. The number of alkyl carbamates (subject to hydrolysis) is 1. The van der Waals surface area contributed by atoms with Crippen LogP contribution in [-0.4, -0.2) is 48.7 Å². The molecular weight excluding hydrogens is 567 g/mol. The first-order chi connectivity index (χ1) is 21.0. The number of methoxy groups -OCH3 is 1. The highest BCUT2D eigenvalue weighted by atomic mass is 19.1. The van der Waals surface area contributed by atoms with Gasteiger partial charge in [-0.2, -0.15) is 0 Å². The summed E-state index contributed by atoms with van der Waals surface area (Å²) in [6, 6.07) is 12.6. The van der Waals surface area contributed by atoms with Gasteiger partial charge in [0.2, 0.25) is 5.91 Å². The van der Waals surface area contributed by atoms with Gasteiger partial charge in [-0.1, -0.05) is 62.7 Å². The molecule has 0 radical (unpaired) electrons. The van der Waals surface area contributed by atoms with Crippen molar-refractivity contribution >= 4 is 29.5 Å². The summed E-state index contributed by atoms with van der Waals surface area (Å²) in [6.45, 7) is 3.83. The first kappa shape index (κ1) is 34.4. The fourth-order valence-electron chi connectivity index (χ4n) is 5.48. The molecule has 0 aromatic heterocycles. The Bertz CT molecular complexity index is 1270. The summed E-state index contributed by atoms with van der Waals surface area (Å²) in [5, 5.41) is 5.38. The first-order valence-corrected chi connectivity index (χ1v) is 15.2.